The zero-order valence-electron chi connectivity index (χ0n) is 12.8. The van der Waals surface area contributed by atoms with Crippen LogP contribution in [0.25, 0.3) is 0 Å². The number of alkyl halides is 4. The fourth-order valence-electron chi connectivity index (χ4n) is 4.33. The largest absolute Gasteiger partial charge is 0.432 e. The van der Waals surface area contributed by atoms with E-state index in [9.17, 15) is 22.7 Å². The van der Waals surface area contributed by atoms with Crippen LogP contribution in [0, 0.1) is 5.41 Å². The molecule has 2 aliphatic carbocycles. The molecule has 24 heavy (non-hydrogen) atoms. The zero-order chi connectivity index (χ0) is 17.5. The lowest BCUT2D eigenvalue weighted by Gasteiger charge is -2.46. The second-order valence-electron chi connectivity index (χ2n) is 6.60. The Labute approximate surface area is 142 Å². The van der Waals surface area contributed by atoms with Crippen LogP contribution in [0.5, 0.6) is 5.75 Å². The van der Waals surface area contributed by atoms with E-state index in [0.717, 1.165) is 0 Å². The van der Waals surface area contributed by atoms with E-state index in [4.69, 9.17) is 11.6 Å². The highest BCUT2D eigenvalue weighted by Gasteiger charge is 2.59. The van der Waals surface area contributed by atoms with Crippen molar-refractivity contribution in [3.8, 4) is 5.75 Å². The molecule has 1 aromatic rings. The van der Waals surface area contributed by atoms with Gasteiger partial charge in [-0.05, 0) is 37.8 Å². The minimum absolute atomic E-state index is 0.230. The second kappa shape index (κ2) is 6.33. The number of rotatable bonds is 3. The van der Waals surface area contributed by atoms with Crippen molar-refractivity contribution in [3.05, 3.63) is 23.0 Å². The number of aliphatic hydroxyl groups excluding tert-OH is 1. The van der Waals surface area contributed by atoms with Crippen LogP contribution in [-0.2, 0) is 0 Å². The van der Waals surface area contributed by atoms with Crippen LogP contribution in [0.1, 0.15) is 50.1 Å². The molecule has 0 saturated heterocycles. The predicted octanol–water partition coefficient (Wildman–Crippen LogP) is 4.77. The number of aromatic nitrogens is 1. The number of nitrogens with zero attached hydrogens (tertiary/aromatic N) is 1. The monoisotopic (exact) mass is 367 g/mol. The van der Waals surface area contributed by atoms with Gasteiger partial charge in [-0.25, -0.2) is 13.8 Å². The molecule has 0 radical (unpaired) electrons. The molecule has 0 amide bonds. The number of ether oxygens (including phenoxy) is 1. The van der Waals surface area contributed by atoms with Crippen molar-refractivity contribution < 1.29 is 27.4 Å². The number of hydrogen-bond acceptors (Lipinski definition) is 3. The summed E-state index contributed by atoms with van der Waals surface area (Å²) in [5.74, 6) is -3.75. The molecule has 0 aromatic carbocycles. The molecule has 0 bridgehead atoms. The summed E-state index contributed by atoms with van der Waals surface area (Å²) in [4.78, 5) is 4.09. The van der Waals surface area contributed by atoms with Crippen molar-refractivity contribution >= 4 is 11.6 Å². The SMILES string of the molecule is OC1C(F)(F)CCCC12CCCC2c1ccc(OC(F)F)c(Cl)n1. The van der Waals surface area contributed by atoms with E-state index in [-0.39, 0.29) is 23.2 Å². The Morgan fingerprint density at radius 3 is 2.58 bits per heavy atom. The molecule has 1 N–H and O–H groups in total. The molecule has 1 spiro atoms. The van der Waals surface area contributed by atoms with Crippen LogP contribution in [-0.4, -0.2) is 28.7 Å². The highest BCUT2D eigenvalue weighted by atomic mass is 35.5. The van der Waals surface area contributed by atoms with Gasteiger partial charge < -0.3 is 9.84 Å². The Morgan fingerprint density at radius 1 is 1.21 bits per heavy atom. The standard InChI is InChI=1S/C16H18ClF4NO2/c17-12-11(24-14(18)19)5-4-10(22-12)9-3-1-6-15(9)7-2-8-16(20,21)13(15)23/h4-5,9,13-14,23H,1-3,6-8H2. The lowest BCUT2D eigenvalue weighted by Crippen LogP contribution is -2.52. The third-order valence-electron chi connectivity index (χ3n) is 5.34. The average Bonchev–Trinajstić information content (AvgIpc) is 2.91. The van der Waals surface area contributed by atoms with E-state index < -0.39 is 24.1 Å². The number of halogens is 5. The van der Waals surface area contributed by atoms with Gasteiger partial charge in [0.1, 0.15) is 6.10 Å². The van der Waals surface area contributed by atoms with E-state index in [1.807, 2.05) is 0 Å². The van der Waals surface area contributed by atoms with E-state index in [1.54, 1.807) is 0 Å². The molecule has 3 unspecified atom stereocenters. The number of hydrogen-bond donors (Lipinski definition) is 1. The maximum Gasteiger partial charge on any atom is 0.387 e. The molecular formula is C16H18ClF4NO2. The van der Waals surface area contributed by atoms with Crippen LogP contribution < -0.4 is 4.74 Å². The van der Waals surface area contributed by atoms with Crippen molar-refractivity contribution in [2.45, 2.75) is 63.1 Å². The molecule has 2 fully saturated rings. The van der Waals surface area contributed by atoms with Gasteiger partial charge in [0.25, 0.3) is 5.92 Å². The molecule has 134 valence electrons. The van der Waals surface area contributed by atoms with Crippen molar-refractivity contribution in [3.63, 3.8) is 0 Å². The molecule has 3 nitrogen and oxygen atoms in total. The summed E-state index contributed by atoms with van der Waals surface area (Å²) in [5.41, 5.74) is -0.501. The van der Waals surface area contributed by atoms with Gasteiger partial charge in [0.05, 0.1) is 0 Å². The molecule has 2 aliphatic rings. The zero-order valence-corrected chi connectivity index (χ0v) is 13.6. The molecule has 1 heterocycles. The van der Waals surface area contributed by atoms with Crippen LogP contribution >= 0.6 is 11.6 Å². The molecule has 3 atom stereocenters. The van der Waals surface area contributed by atoms with Gasteiger partial charge in [-0.1, -0.05) is 18.0 Å². The maximum absolute atomic E-state index is 14.1. The van der Waals surface area contributed by atoms with Crippen LogP contribution in [0.15, 0.2) is 12.1 Å². The van der Waals surface area contributed by atoms with Gasteiger partial charge >= 0.3 is 6.61 Å². The Morgan fingerprint density at radius 2 is 1.92 bits per heavy atom. The van der Waals surface area contributed by atoms with Gasteiger partial charge in [0, 0.05) is 23.4 Å². The first-order valence-corrected chi connectivity index (χ1v) is 8.31. The van der Waals surface area contributed by atoms with Gasteiger partial charge in [0.15, 0.2) is 10.9 Å². The second-order valence-corrected chi connectivity index (χ2v) is 6.96. The van der Waals surface area contributed by atoms with Gasteiger partial charge in [-0.2, -0.15) is 8.78 Å². The Hall–Kier alpha value is -1.08. The summed E-state index contributed by atoms with van der Waals surface area (Å²) >= 11 is 5.89. The van der Waals surface area contributed by atoms with Gasteiger partial charge in [-0.15, -0.1) is 0 Å². The summed E-state index contributed by atoms with van der Waals surface area (Å²) in [5, 5.41) is 10.1. The van der Waals surface area contributed by atoms with E-state index in [2.05, 4.69) is 9.72 Å². The summed E-state index contributed by atoms with van der Waals surface area (Å²) < 4.78 is 57.0. The summed E-state index contributed by atoms with van der Waals surface area (Å²) in [6, 6.07) is 2.75. The van der Waals surface area contributed by atoms with E-state index in [1.165, 1.54) is 12.1 Å². The van der Waals surface area contributed by atoms with Crippen molar-refractivity contribution in [1.82, 2.24) is 4.98 Å². The minimum Gasteiger partial charge on any atom is -0.432 e. The molecule has 1 aromatic heterocycles. The lowest BCUT2D eigenvalue weighted by atomic mass is 9.63. The molecule has 2 saturated carbocycles. The first-order valence-electron chi connectivity index (χ1n) is 7.93. The van der Waals surface area contributed by atoms with E-state index >= 15 is 0 Å². The van der Waals surface area contributed by atoms with Crippen molar-refractivity contribution in [2.75, 3.05) is 0 Å². The molecule has 3 rings (SSSR count). The number of pyridine rings is 1. The van der Waals surface area contributed by atoms with E-state index in [0.29, 0.717) is 37.8 Å². The summed E-state index contributed by atoms with van der Waals surface area (Å²) in [6.07, 6.45) is 0.562. The van der Waals surface area contributed by atoms with Crippen LogP contribution in [0.2, 0.25) is 5.15 Å². The smallest absolute Gasteiger partial charge is 0.387 e. The lowest BCUT2D eigenvalue weighted by molar-refractivity contribution is -0.191. The predicted molar refractivity (Wildman–Crippen MR) is 79.7 cm³/mol. The highest BCUT2D eigenvalue weighted by Crippen LogP contribution is 2.60. The van der Waals surface area contributed by atoms with Crippen molar-refractivity contribution in [2.24, 2.45) is 5.41 Å². The summed E-state index contributed by atoms with van der Waals surface area (Å²) in [7, 11) is 0. The third-order valence-corrected chi connectivity index (χ3v) is 5.61. The first-order chi connectivity index (χ1) is 11.3. The Kier molecular flexibility index (Phi) is 4.68. The van der Waals surface area contributed by atoms with Gasteiger partial charge in [0.2, 0.25) is 0 Å². The van der Waals surface area contributed by atoms with Gasteiger partial charge in [-0.3, -0.25) is 0 Å². The topological polar surface area (TPSA) is 42.4 Å². The summed E-state index contributed by atoms with van der Waals surface area (Å²) in [6.45, 7) is -3.02. The minimum atomic E-state index is -3.12. The first kappa shape index (κ1) is 17.7. The third kappa shape index (κ3) is 2.96. The fraction of sp³-hybridized carbons (Fsp3) is 0.688. The Bertz CT molecular complexity index is 616. The van der Waals surface area contributed by atoms with Crippen LogP contribution in [0.3, 0.4) is 0 Å². The van der Waals surface area contributed by atoms with Crippen LogP contribution in [0.4, 0.5) is 17.6 Å². The Balaban J connectivity index is 1.92. The average molecular weight is 368 g/mol. The highest BCUT2D eigenvalue weighted by molar-refractivity contribution is 6.30. The molecular weight excluding hydrogens is 350 g/mol. The fourth-order valence-corrected chi connectivity index (χ4v) is 4.53. The molecule has 8 heteroatoms. The number of aliphatic hydroxyl groups is 1. The quantitative estimate of drug-likeness (QED) is 0.618. The normalized spacial score (nSPS) is 32.5. The maximum atomic E-state index is 14.1. The molecule has 0 aliphatic heterocycles. The van der Waals surface area contributed by atoms with Crippen molar-refractivity contribution in [1.29, 1.82) is 0 Å².